The molecule has 1 heterocycles. The number of hydrogen-bond acceptors (Lipinski definition) is 4. The molecule has 1 N–H and O–H groups in total. The highest BCUT2D eigenvalue weighted by atomic mass is 19.1. The van der Waals surface area contributed by atoms with E-state index in [1.165, 1.54) is 43.2 Å². The number of hydrogen-bond donors (Lipinski definition) is 1. The predicted octanol–water partition coefficient (Wildman–Crippen LogP) is 4.45. The number of rotatable bonds is 10. The summed E-state index contributed by atoms with van der Waals surface area (Å²) in [6, 6.07) is 4.20. The molecule has 1 aliphatic carbocycles. The third-order valence-electron chi connectivity index (χ3n) is 4.60. The van der Waals surface area contributed by atoms with Gasteiger partial charge in [-0.3, -0.25) is 4.79 Å². The largest absolute Gasteiger partial charge is 0.481 e. The lowest BCUT2D eigenvalue weighted by atomic mass is 10.1. The Hall–Kier alpha value is -2.41. The average molecular weight is 379 g/mol. The van der Waals surface area contributed by atoms with E-state index in [1.54, 1.807) is 6.07 Å². The van der Waals surface area contributed by atoms with E-state index in [1.807, 2.05) is 0 Å². The second-order valence-electron chi connectivity index (χ2n) is 6.94. The molecule has 0 aliphatic heterocycles. The molecule has 7 heteroatoms. The van der Waals surface area contributed by atoms with Crippen molar-refractivity contribution in [1.29, 1.82) is 0 Å². The van der Waals surface area contributed by atoms with Gasteiger partial charge < -0.3 is 19.2 Å². The third-order valence-corrected chi connectivity index (χ3v) is 4.60. The van der Waals surface area contributed by atoms with Gasteiger partial charge in [0.25, 0.3) is 0 Å². The number of carboxylic acid groups (broad SMARTS) is 1. The van der Waals surface area contributed by atoms with Gasteiger partial charge in [0.15, 0.2) is 0 Å². The van der Waals surface area contributed by atoms with E-state index in [4.69, 9.17) is 14.3 Å². The minimum absolute atomic E-state index is 0.0533. The topological polar surface area (TPSA) is 62.9 Å². The molecule has 146 valence electrons. The summed E-state index contributed by atoms with van der Waals surface area (Å²) in [7, 11) is 1.53. The fourth-order valence-electron chi connectivity index (χ4n) is 2.96. The first-order chi connectivity index (χ1) is 13.0. The Morgan fingerprint density at radius 2 is 2.04 bits per heavy atom. The van der Waals surface area contributed by atoms with E-state index in [0.717, 1.165) is 5.56 Å². The van der Waals surface area contributed by atoms with Crippen molar-refractivity contribution in [2.45, 2.75) is 32.3 Å². The number of anilines is 1. The van der Waals surface area contributed by atoms with Crippen LogP contribution >= 0.6 is 0 Å². The number of furan rings is 1. The number of aliphatic carboxylic acids is 1. The molecule has 0 amide bonds. The number of nitrogens with zero attached hydrogens (tertiary/aromatic N) is 1. The van der Waals surface area contributed by atoms with Crippen LogP contribution in [-0.4, -0.2) is 31.3 Å². The van der Waals surface area contributed by atoms with E-state index >= 15 is 0 Å². The van der Waals surface area contributed by atoms with Gasteiger partial charge in [-0.05, 0) is 43.4 Å². The Labute approximate surface area is 156 Å². The molecule has 0 spiro atoms. The van der Waals surface area contributed by atoms with Gasteiger partial charge in [0.2, 0.25) is 0 Å². The molecule has 0 atom stereocenters. The zero-order valence-corrected chi connectivity index (χ0v) is 15.2. The Balaban J connectivity index is 1.72. The predicted molar refractivity (Wildman–Crippen MR) is 96.6 cm³/mol. The maximum atomic E-state index is 14.6. The average Bonchev–Trinajstić information content (AvgIpc) is 3.29. The van der Waals surface area contributed by atoms with Gasteiger partial charge in [0, 0.05) is 37.7 Å². The summed E-state index contributed by atoms with van der Waals surface area (Å²) in [5.74, 6) is -1.35. The monoisotopic (exact) mass is 379 g/mol. The van der Waals surface area contributed by atoms with Crippen molar-refractivity contribution in [3.05, 3.63) is 41.7 Å². The second kappa shape index (κ2) is 8.52. The van der Waals surface area contributed by atoms with E-state index in [0.29, 0.717) is 36.9 Å². The molecule has 1 aromatic carbocycles. The number of carboxylic acids is 1. The van der Waals surface area contributed by atoms with Crippen molar-refractivity contribution >= 4 is 11.7 Å². The van der Waals surface area contributed by atoms with Crippen molar-refractivity contribution in [3.8, 4) is 11.3 Å². The summed E-state index contributed by atoms with van der Waals surface area (Å²) in [5.41, 5.74) is 0.877. The lowest BCUT2D eigenvalue weighted by Crippen LogP contribution is -2.21. The zero-order valence-electron chi connectivity index (χ0n) is 15.2. The van der Waals surface area contributed by atoms with Crippen LogP contribution < -0.4 is 4.90 Å². The van der Waals surface area contributed by atoms with E-state index in [-0.39, 0.29) is 18.7 Å². The van der Waals surface area contributed by atoms with Gasteiger partial charge >= 0.3 is 5.97 Å². The standard InChI is InChI=1S/C20H23F2NO4/c1-23(7-2-3-18(24)25)19-16(21)9-15(10-17(19)22)20-14(6-8-27-20)12-26-11-13-4-5-13/h6,8-10,13H,2-5,7,11-12H2,1H3,(H,24,25). The van der Waals surface area contributed by atoms with Gasteiger partial charge in [-0.2, -0.15) is 0 Å². The molecule has 1 aromatic heterocycles. The number of benzene rings is 1. The van der Waals surface area contributed by atoms with Crippen molar-refractivity contribution in [3.63, 3.8) is 0 Å². The summed E-state index contributed by atoms with van der Waals surface area (Å²) in [6.07, 6.45) is 4.11. The third kappa shape index (κ3) is 5.07. The molecule has 3 rings (SSSR count). The van der Waals surface area contributed by atoms with Crippen LogP contribution in [-0.2, 0) is 16.1 Å². The summed E-state index contributed by atoms with van der Waals surface area (Å²) in [6.45, 7) is 1.26. The zero-order chi connectivity index (χ0) is 19.4. The van der Waals surface area contributed by atoms with Crippen molar-refractivity contribution in [2.24, 2.45) is 5.92 Å². The lowest BCUT2D eigenvalue weighted by Gasteiger charge is -2.20. The fourth-order valence-corrected chi connectivity index (χ4v) is 2.96. The van der Waals surface area contributed by atoms with Crippen LogP contribution in [0, 0.1) is 17.6 Å². The Kier molecular flexibility index (Phi) is 6.11. The van der Waals surface area contributed by atoms with Crippen molar-refractivity contribution in [2.75, 3.05) is 25.1 Å². The van der Waals surface area contributed by atoms with E-state index in [9.17, 15) is 13.6 Å². The van der Waals surface area contributed by atoms with Gasteiger partial charge in [-0.15, -0.1) is 0 Å². The van der Waals surface area contributed by atoms with Crippen molar-refractivity contribution < 1.29 is 27.8 Å². The molecule has 1 aliphatic rings. The SMILES string of the molecule is CN(CCCC(=O)O)c1c(F)cc(-c2occc2COCC2CC2)cc1F. The molecule has 0 unspecified atom stereocenters. The lowest BCUT2D eigenvalue weighted by molar-refractivity contribution is -0.137. The van der Waals surface area contributed by atoms with Crippen LogP contribution in [0.5, 0.6) is 0 Å². The van der Waals surface area contributed by atoms with Crippen LogP contribution in [0.3, 0.4) is 0 Å². The first-order valence-electron chi connectivity index (χ1n) is 9.02. The Bertz CT molecular complexity index is 778. The van der Waals surface area contributed by atoms with Gasteiger partial charge in [-0.25, -0.2) is 8.78 Å². The van der Waals surface area contributed by atoms with Crippen LogP contribution in [0.15, 0.2) is 28.9 Å². The molecule has 27 heavy (non-hydrogen) atoms. The maximum Gasteiger partial charge on any atom is 0.303 e. The molecule has 1 saturated carbocycles. The molecular formula is C20H23F2NO4. The number of halogens is 2. The maximum absolute atomic E-state index is 14.6. The molecular weight excluding hydrogens is 356 g/mol. The van der Waals surface area contributed by atoms with E-state index in [2.05, 4.69) is 0 Å². The molecule has 0 saturated heterocycles. The molecule has 1 fully saturated rings. The quantitative estimate of drug-likeness (QED) is 0.661. The van der Waals surface area contributed by atoms with Gasteiger partial charge in [0.05, 0.1) is 12.9 Å². The van der Waals surface area contributed by atoms with Crippen molar-refractivity contribution in [1.82, 2.24) is 0 Å². The Morgan fingerprint density at radius 3 is 2.67 bits per heavy atom. The minimum Gasteiger partial charge on any atom is -0.481 e. The second-order valence-corrected chi connectivity index (χ2v) is 6.94. The minimum atomic E-state index is -0.936. The van der Waals surface area contributed by atoms with Gasteiger partial charge in [0.1, 0.15) is 23.1 Å². The summed E-state index contributed by atoms with van der Waals surface area (Å²) in [4.78, 5) is 12.0. The van der Waals surface area contributed by atoms with Crippen LogP contribution in [0.1, 0.15) is 31.2 Å². The highest BCUT2D eigenvalue weighted by Gasteiger charge is 2.22. The van der Waals surface area contributed by atoms with Gasteiger partial charge in [-0.1, -0.05) is 0 Å². The summed E-state index contributed by atoms with van der Waals surface area (Å²) in [5, 5.41) is 8.68. The molecule has 0 radical (unpaired) electrons. The van der Waals surface area contributed by atoms with Crippen LogP contribution in [0.25, 0.3) is 11.3 Å². The molecule has 0 bridgehead atoms. The number of carbonyl (C=O) groups is 1. The Morgan fingerprint density at radius 1 is 1.33 bits per heavy atom. The normalized spacial score (nSPS) is 13.7. The first-order valence-corrected chi connectivity index (χ1v) is 9.02. The van der Waals surface area contributed by atoms with Crippen LogP contribution in [0.2, 0.25) is 0 Å². The fraction of sp³-hybridized carbons (Fsp3) is 0.450. The first kappa shape index (κ1) is 19.4. The number of ether oxygens (including phenoxy) is 1. The van der Waals surface area contributed by atoms with Crippen LogP contribution in [0.4, 0.5) is 14.5 Å². The summed E-state index contributed by atoms with van der Waals surface area (Å²) >= 11 is 0. The smallest absolute Gasteiger partial charge is 0.303 e. The highest BCUT2D eigenvalue weighted by molar-refractivity contribution is 5.67. The molecule has 5 nitrogen and oxygen atoms in total. The summed E-state index contributed by atoms with van der Waals surface area (Å²) < 4.78 is 40.2. The molecule has 2 aromatic rings. The highest BCUT2D eigenvalue weighted by Crippen LogP contribution is 2.33. The van der Waals surface area contributed by atoms with E-state index < -0.39 is 17.6 Å².